The summed E-state index contributed by atoms with van der Waals surface area (Å²) in [5, 5.41) is 10.7. The van der Waals surface area contributed by atoms with E-state index in [9.17, 15) is 10.1 Å². The average Bonchev–Trinajstić information content (AvgIpc) is 2.11. The molecule has 0 amide bonds. The van der Waals surface area contributed by atoms with Gasteiger partial charge in [-0.15, -0.1) is 0 Å². The number of rotatable bonds is 3. The molecule has 76 valence electrons. The van der Waals surface area contributed by atoms with Crippen molar-refractivity contribution in [2.24, 2.45) is 0 Å². The normalized spacial score (nSPS) is 10.1. The number of aryl methyl sites for hydroxylation is 2. The highest BCUT2D eigenvalue weighted by Crippen LogP contribution is 2.26. The van der Waals surface area contributed by atoms with Crippen LogP contribution in [-0.2, 0) is 6.42 Å². The second-order valence-electron chi connectivity index (χ2n) is 3.35. The second kappa shape index (κ2) is 4.09. The summed E-state index contributed by atoms with van der Waals surface area (Å²) >= 11 is 0. The molecule has 1 rings (SSSR count). The lowest BCUT2D eigenvalue weighted by molar-refractivity contribution is -0.384. The predicted octanol–water partition coefficient (Wildman–Crippen LogP) is 2.44. The highest BCUT2D eigenvalue weighted by Gasteiger charge is 2.14. The zero-order valence-corrected chi connectivity index (χ0v) is 8.41. The Hall–Kier alpha value is -1.58. The predicted molar refractivity (Wildman–Crippen MR) is 56.2 cm³/mol. The lowest BCUT2D eigenvalue weighted by atomic mass is 10.0. The summed E-state index contributed by atoms with van der Waals surface area (Å²) < 4.78 is 0. The molecule has 1 aromatic carbocycles. The number of benzene rings is 1. The summed E-state index contributed by atoms with van der Waals surface area (Å²) in [6, 6.07) is 3.47. The smallest absolute Gasteiger partial charge is 0.292 e. The molecule has 0 aliphatic rings. The van der Waals surface area contributed by atoms with Crippen LogP contribution >= 0.6 is 0 Å². The van der Waals surface area contributed by atoms with Crippen LogP contribution in [0.25, 0.3) is 0 Å². The Balaban J connectivity index is 3.21. The molecule has 4 heteroatoms. The van der Waals surface area contributed by atoms with E-state index in [-0.39, 0.29) is 11.4 Å². The first-order valence-electron chi connectivity index (χ1n) is 4.59. The fraction of sp³-hybridized carbons (Fsp3) is 0.400. The molecule has 0 aliphatic carbocycles. The van der Waals surface area contributed by atoms with Gasteiger partial charge in [-0.2, -0.15) is 0 Å². The Morgan fingerprint density at radius 2 is 2.14 bits per heavy atom. The van der Waals surface area contributed by atoms with Crippen molar-refractivity contribution in [1.82, 2.24) is 0 Å². The fourth-order valence-electron chi connectivity index (χ4n) is 1.44. The van der Waals surface area contributed by atoms with Crippen molar-refractivity contribution < 1.29 is 4.92 Å². The summed E-state index contributed by atoms with van der Waals surface area (Å²) in [6.07, 6.45) is 1.82. The van der Waals surface area contributed by atoms with Crippen molar-refractivity contribution >= 4 is 11.4 Å². The molecule has 0 bridgehead atoms. The monoisotopic (exact) mass is 194 g/mol. The van der Waals surface area contributed by atoms with Crippen molar-refractivity contribution in [1.29, 1.82) is 0 Å². The van der Waals surface area contributed by atoms with E-state index in [2.05, 4.69) is 0 Å². The van der Waals surface area contributed by atoms with Crippen molar-refractivity contribution in [3.05, 3.63) is 33.4 Å². The Bertz CT molecular complexity index is 361. The standard InChI is InChI=1S/C10H14N2O2/c1-3-4-8-5-7(2)10(11)9(6-8)12(13)14/h5-6H,3-4,11H2,1-2H3. The molecule has 0 spiro atoms. The maximum atomic E-state index is 10.7. The molecule has 0 aromatic heterocycles. The van der Waals surface area contributed by atoms with Gasteiger partial charge < -0.3 is 5.73 Å². The molecule has 2 N–H and O–H groups in total. The molecule has 0 fully saturated rings. The molecule has 0 unspecified atom stereocenters. The Kier molecular flexibility index (Phi) is 3.06. The fourth-order valence-corrected chi connectivity index (χ4v) is 1.44. The van der Waals surface area contributed by atoms with E-state index in [1.807, 2.05) is 13.0 Å². The van der Waals surface area contributed by atoms with E-state index < -0.39 is 4.92 Å². The van der Waals surface area contributed by atoms with Crippen molar-refractivity contribution in [2.75, 3.05) is 5.73 Å². The van der Waals surface area contributed by atoms with Crippen molar-refractivity contribution in [3.8, 4) is 0 Å². The molecule has 0 saturated heterocycles. The first-order chi connectivity index (χ1) is 6.56. The van der Waals surface area contributed by atoms with Crippen LogP contribution in [0.1, 0.15) is 24.5 Å². The molecule has 0 aliphatic heterocycles. The van der Waals surface area contributed by atoms with Crippen molar-refractivity contribution in [2.45, 2.75) is 26.7 Å². The summed E-state index contributed by atoms with van der Waals surface area (Å²) in [7, 11) is 0. The van der Waals surface area contributed by atoms with Gasteiger partial charge in [0, 0.05) is 6.07 Å². The topological polar surface area (TPSA) is 69.2 Å². The zero-order valence-electron chi connectivity index (χ0n) is 8.41. The molecule has 4 nitrogen and oxygen atoms in total. The van der Waals surface area contributed by atoms with Gasteiger partial charge in [-0.3, -0.25) is 10.1 Å². The third-order valence-electron chi connectivity index (χ3n) is 2.16. The average molecular weight is 194 g/mol. The van der Waals surface area contributed by atoms with Crippen LogP contribution in [0.3, 0.4) is 0 Å². The van der Waals surface area contributed by atoms with Crippen LogP contribution in [-0.4, -0.2) is 4.92 Å². The van der Waals surface area contributed by atoms with E-state index >= 15 is 0 Å². The first kappa shape index (κ1) is 10.5. The number of anilines is 1. The van der Waals surface area contributed by atoms with Gasteiger partial charge in [0.05, 0.1) is 4.92 Å². The van der Waals surface area contributed by atoms with Gasteiger partial charge in [-0.05, 0) is 24.5 Å². The molecule has 0 heterocycles. The van der Waals surface area contributed by atoms with Gasteiger partial charge in [0.15, 0.2) is 0 Å². The van der Waals surface area contributed by atoms with Crippen LogP contribution < -0.4 is 5.73 Å². The quantitative estimate of drug-likeness (QED) is 0.456. The van der Waals surface area contributed by atoms with E-state index in [0.717, 1.165) is 24.0 Å². The van der Waals surface area contributed by atoms with E-state index in [0.29, 0.717) is 0 Å². The van der Waals surface area contributed by atoms with Crippen LogP contribution in [0.5, 0.6) is 0 Å². The SMILES string of the molecule is CCCc1cc(C)c(N)c([N+](=O)[O-])c1. The third-order valence-corrected chi connectivity index (χ3v) is 2.16. The van der Waals surface area contributed by atoms with Crippen LogP contribution in [0.15, 0.2) is 12.1 Å². The van der Waals surface area contributed by atoms with Gasteiger partial charge in [0.1, 0.15) is 5.69 Å². The first-order valence-corrected chi connectivity index (χ1v) is 4.59. The number of nitro benzene ring substituents is 1. The highest BCUT2D eigenvalue weighted by atomic mass is 16.6. The Morgan fingerprint density at radius 1 is 1.50 bits per heavy atom. The second-order valence-corrected chi connectivity index (χ2v) is 3.35. The summed E-state index contributed by atoms with van der Waals surface area (Å²) in [5.41, 5.74) is 7.66. The minimum Gasteiger partial charge on any atom is -0.393 e. The zero-order chi connectivity index (χ0) is 10.7. The van der Waals surface area contributed by atoms with Crippen LogP contribution in [0, 0.1) is 17.0 Å². The Morgan fingerprint density at radius 3 is 2.64 bits per heavy atom. The Labute approximate surface area is 82.9 Å². The summed E-state index contributed by atoms with van der Waals surface area (Å²) in [6.45, 7) is 3.83. The number of nitro groups is 1. The number of hydrogen-bond donors (Lipinski definition) is 1. The van der Waals surface area contributed by atoms with Gasteiger partial charge in [-0.1, -0.05) is 19.4 Å². The molecule has 0 radical (unpaired) electrons. The number of nitrogens with two attached hydrogens (primary N) is 1. The van der Waals surface area contributed by atoms with E-state index in [1.165, 1.54) is 0 Å². The molecule has 1 aromatic rings. The largest absolute Gasteiger partial charge is 0.393 e. The van der Waals surface area contributed by atoms with Crippen LogP contribution in [0.2, 0.25) is 0 Å². The van der Waals surface area contributed by atoms with Gasteiger partial charge in [-0.25, -0.2) is 0 Å². The molecular weight excluding hydrogens is 180 g/mol. The lowest BCUT2D eigenvalue weighted by Gasteiger charge is -2.05. The lowest BCUT2D eigenvalue weighted by Crippen LogP contribution is -1.99. The van der Waals surface area contributed by atoms with E-state index in [4.69, 9.17) is 5.73 Å². The number of nitrogens with zero attached hydrogens (tertiary/aromatic N) is 1. The van der Waals surface area contributed by atoms with Gasteiger partial charge >= 0.3 is 0 Å². The molecule has 14 heavy (non-hydrogen) atoms. The maximum Gasteiger partial charge on any atom is 0.292 e. The number of nitrogen functional groups attached to an aromatic ring is 1. The van der Waals surface area contributed by atoms with Gasteiger partial charge in [0.25, 0.3) is 5.69 Å². The molecule has 0 saturated carbocycles. The summed E-state index contributed by atoms with van der Waals surface area (Å²) in [5.74, 6) is 0. The maximum absolute atomic E-state index is 10.7. The minimum absolute atomic E-state index is 0.0217. The molecular formula is C10H14N2O2. The summed E-state index contributed by atoms with van der Waals surface area (Å²) in [4.78, 5) is 10.2. The number of hydrogen-bond acceptors (Lipinski definition) is 3. The highest BCUT2D eigenvalue weighted by molar-refractivity contribution is 5.64. The van der Waals surface area contributed by atoms with Gasteiger partial charge in [0.2, 0.25) is 0 Å². The molecule has 0 atom stereocenters. The van der Waals surface area contributed by atoms with Crippen LogP contribution in [0.4, 0.5) is 11.4 Å². The minimum atomic E-state index is -0.429. The third kappa shape index (κ3) is 2.02. The van der Waals surface area contributed by atoms with Crippen molar-refractivity contribution in [3.63, 3.8) is 0 Å². The van der Waals surface area contributed by atoms with E-state index in [1.54, 1.807) is 13.0 Å².